The highest BCUT2D eigenvalue weighted by Crippen LogP contribution is 2.37. The van der Waals surface area contributed by atoms with Gasteiger partial charge in [0.1, 0.15) is 13.2 Å². The third kappa shape index (κ3) is 4.27. The first-order valence-corrected chi connectivity index (χ1v) is 9.88. The zero-order valence-corrected chi connectivity index (χ0v) is 16.7. The van der Waals surface area contributed by atoms with Crippen LogP contribution in [0.5, 0.6) is 23.0 Å². The molecule has 0 aliphatic carbocycles. The fourth-order valence-electron chi connectivity index (χ4n) is 2.94. The molecular formula is C21H20N2O5S. The molecule has 29 heavy (non-hydrogen) atoms. The first kappa shape index (κ1) is 19.1. The van der Waals surface area contributed by atoms with E-state index in [1.54, 1.807) is 13.2 Å². The number of nitrogens with zero attached hydrogens (tertiary/aromatic N) is 1. The molecule has 8 heteroatoms. The van der Waals surface area contributed by atoms with Crippen LogP contribution < -0.4 is 24.3 Å². The minimum Gasteiger partial charge on any atom is -0.493 e. The first-order chi connectivity index (χ1) is 14.2. The van der Waals surface area contributed by atoms with Crippen molar-refractivity contribution < 1.29 is 23.7 Å². The maximum absolute atomic E-state index is 12.3. The van der Waals surface area contributed by atoms with Gasteiger partial charge in [-0.1, -0.05) is 23.5 Å². The average Bonchev–Trinajstić information content (AvgIpc) is 3.11. The summed E-state index contributed by atoms with van der Waals surface area (Å²) in [6.07, 6.45) is 2.55. The number of hydrogen-bond acceptors (Lipinski definition) is 7. The number of fused-ring (bicyclic) bond motifs is 2. The maximum atomic E-state index is 12.3. The lowest BCUT2D eigenvalue weighted by Crippen LogP contribution is -2.20. The largest absolute Gasteiger partial charge is 0.493 e. The molecule has 0 unspecified atom stereocenters. The Balaban J connectivity index is 1.41. The van der Waals surface area contributed by atoms with Crippen LogP contribution in [0.25, 0.3) is 10.2 Å². The third-order valence-corrected chi connectivity index (χ3v) is 5.20. The molecule has 7 nitrogen and oxygen atoms in total. The summed E-state index contributed by atoms with van der Waals surface area (Å²) in [4.78, 5) is 16.8. The third-order valence-electron chi connectivity index (χ3n) is 4.27. The molecule has 1 aliphatic heterocycles. The van der Waals surface area contributed by atoms with Gasteiger partial charge in [-0.3, -0.25) is 10.1 Å². The van der Waals surface area contributed by atoms with E-state index in [9.17, 15) is 4.79 Å². The number of aromatic nitrogens is 1. The SMILES string of the molecule is C=CCc1ccc(OCC(=O)Nc2nc3cc4c(cc3s2)OCCO4)c(OC)c1. The molecule has 4 rings (SSSR count). The molecule has 1 aliphatic rings. The number of amides is 1. The van der Waals surface area contributed by atoms with Gasteiger partial charge in [-0.25, -0.2) is 4.98 Å². The number of benzene rings is 2. The number of allylic oxidation sites excluding steroid dienone is 1. The molecule has 1 N–H and O–H groups in total. The number of rotatable bonds is 7. The second-order valence-electron chi connectivity index (χ2n) is 6.30. The number of carbonyl (C=O) groups is 1. The van der Waals surface area contributed by atoms with Gasteiger partial charge >= 0.3 is 0 Å². The van der Waals surface area contributed by atoms with Gasteiger partial charge in [0.05, 0.1) is 17.3 Å². The monoisotopic (exact) mass is 412 g/mol. The molecule has 0 spiro atoms. The predicted molar refractivity (Wildman–Crippen MR) is 112 cm³/mol. The van der Waals surface area contributed by atoms with Crippen LogP contribution in [-0.2, 0) is 11.2 Å². The summed E-state index contributed by atoms with van der Waals surface area (Å²) in [5, 5.41) is 3.26. The number of hydrogen-bond donors (Lipinski definition) is 1. The van der Waals surface area contributed by atoms with Gasteiger partial charge < -0.3 is 18.9 Å². The highest BCUT2D eigenvalue weighted by atomic mass is 32.1. The van der Waals surface area contributed by atoms with Crippen LogP contribution >= 0.6 is 11.3 Å². The van der Waals surface area contributed by atoms with Crippen molar-refractivity contribution >= 4 is 32.6 Å². The summed E-state index contributed by atoms with van der Waals surface area (Å²) in [5.74, 6) is 2.13. The lowest BCUT2D eigenvalue weighted by atomic mass is 10.1. The molecule has 0 saturated carbocycles. The second-order valence-corrected chi connectivity index (χ2v) is 7.33. The van der Waals surface area contributed by atoms with E-state index < -0.39 is 0 Å². The van der Waals surface area contributed by atoms with E-state index in [1.807, 2.05) is 30.3 Å². The fraction of sp³-hybridized carbons (Fsp3) is 0.238. The minimum atomic E-state index is -0.307. The number of ether oxygens (including phenoxy) is 4. The molecule has 3 aromatic rings. The number of carbonyl (C=O) groups excluding carboxylic acids is 1. The maximum Gasteiger partial charge on any atom is 0.264 e. The van der Waals surface area contributed by atoms with Crippen LogP contribution in [0.4, 0.5) is 5.13 Å². The van der Waals surface area contributed by atoms with E-state index in [4.69, 9.17) is 18.9 Å². The van der Waals surface area contributed by atoms with Gasteiger partial charge in [0.15, 0.2) is 34.7 Å². The standard InChI is InChI=1S/C21H20N2O5S/c1-3-4-13-5-6-15(16(9-13)25-2)28-12-20(24)23-21-22-14-10-17-18(11-19(14)29-21)27-8-7-26-17/h3,5-6,9-11H,1,4,7-8,12H2,2H3,(H,22,23,24). The molecule has 2 heterocycles. The van der Waals surface area contributed by atoms with E-state index in [0.29, 0.717) is 41.3 Å². The average molecular weight is 412 g/mol. The van der Waals surface area contributed by atoms with E-state index >= 15 is 0 Å². The van der Waals surface area contributed by atoms with Gasteiger partial charge in [-0.15, -0.1) is 6.58 Å². The second kappa shape index (κ2) is 8.40. The van der Waals surface area contributed by atoms with Crippen LogP contribution in [0.15, 0.2) is 43.0 Å². The summed E-state index contributed by atoms with van der Waals surface area (Å²) >= 11 is 1.37. The number of thiazole rings is 1. The highest BCUT2D eigenvalue weighted by molar-refractivity contribution is 7.22. The summed E-state index contributed by atoms with van der Waals surface area (Å²) in [7, 11) is 1.56. The van der Waals surface area contributed by atoms with E-state index in [2.05, 4.69) is 16.9 Å². The minimum absolute atomic E-state index is 0.157. The van der Waals surface area contributed by atoms with Crippen LogP contribution in [-0.4, -0.2) is 37.8 Å². The van der Waals surface area contributed by atoms with Crippen LogP contribution in [0.3, 0.4) is 0 Å². The smallest absolute Gasteiger partial charge is 0.264 e. The highest BCUT2D eigenvalue weighted by Gasteiger charge is 2.16. The first-order valence-electron chi connectivity index (χ1n) is 9.07. The lowest BCUT2D eigenvalue weighted by molar-refractivity contribution is -0.118. The Bertz CT molecular complexity index is 1020. The van der Waals surface area contributed by atoms with Gasteiger partial charge in [-0.05, 0) is 24.1 Å². The molecule has 2 aromatic carbocycles. The van der Waals surface area contributed by atoms with Crippen molar-refractivity contribution in [3.05, 3.63) is 48.6 Å². The Morgan fingerprint density at radius 1 is 1.24 bits per heavy atom. The van der Waals surface area contributed by atoms with Crippen LogP contribution in [0.2, 0.25) is 0 Å². The Morgan fingerprint density at radius 3 is 2.79 bits per heavy atom. The van der Waals surface area contributed by atoms with Crippen molar-refractivity contribution in [3.8, 4) is 23.0 Å². The molecule has 0 atom stereocenters. The normalized spacial score (nSPS) is 12.4. The summed E-state index contributed by atoms with van der Waals surface area (Å²) < 4.78 is 23.0. The molecule has 0 fully saturated rings. The molecule has 1 amide bonds. The molecule has 0 bridgehead atoms. The number of nitrogens with one attached hydrogen (secondary N) is 1. The zero-order chi connectivity index (χ0) is 20.2. The van der Waals surface area contributed by atoms with Crippen molar-refractivity contribution in [2.75, 3.05) is 32.2 Å². The zero-order valence-electron chi connectivity index (χ0n) is 15.9. The van der Waals surface area contributed by atoms with Crippen molar-refractivity contribution in [2.45, 2.75) is 6.42 Å². The van der Waals surface area contributed by atoms with Gasteiger partial charge in [0.2, 0.25) is 0 Å². The molecule has 0 saturated heterocycles. The predicted octanol–water partition coefficient (Wildman–Crippen LogP) is 3.82. The van der Waals surface area contributed by atoms with Crippen LogP contribution in [0.1, 0.15) is 5.56 Å². The van der Waals surface area contributed by atoms with E-state index in [1.165, 1.54) is 11.3 Å². The van der Waals surface area contributed by atoms with Crippen molar-refractivity contribution in [1.29, 1.82) is 0 Å². The van der Waals surface area contributed by atoms with Crippen molar-refractivity contribution in [3.63, 3.8) is 0 Å². The van der Waals surface area contributed by atoms with Crippen molar-refractivity contribution in [1.82, 2.24) is 4.98 Å². The quantitative estimate of drug-likeness (QED) is 0.595. The topological polar surface area (TPSA) is 78.9 Å². The van der Waals surface area contributed by atoms with Gasteiger partial charge in [0.25, 0.3) is 5.91 Å². The molecule has 150 valence electrons. The molecule has 1 aromatic heterocycles. The van der Waals surface area contributed by atoms with E-state index in [0.717, 1.165) is 22.2 Å². The molecule has 0 radical (unpaired) electrons. The van der Waals surface area contributed by atoms with Gasteiger partial charge in [0, 0.05) is 12.1 Å². The van der Waals surface area contributed by atoms with E-state index in [-0.39, 0.29) is 12.5 Å². The number of anilines is 1. The fourth-order valence-corrected chi connectivity index (χ4v) is 3.83. The Hall–Kier alpha value is -3.26. The number of methoxy groups -OCH3 is 1. The molecular weight excluding hydrogens is 392 g/mol. The van der Waals surface area contributed by atoms with Crippen LogP contribution in [0, 0.1) is 0 Å². The Kier molecular flexibility index (Phi) is 5.53. The summed E-state index contributed by atoms with van der Waals surface area (Å²) in [6, 6.07) is 9.27. The Morgan fingerprint density at radius 2 is 2.03 bits per heavy atom. The van der Waals surface area contributed by atoms with Gasteiger partial charge in [-0.2, -0.15) is 0 Å². The lowest BCUT2D eigenvalue weighted by Gasteiger charge is -2.17. The van der Waals surface area contributed by atoms with Crippen molar-refractivity contribution in [2.24, 2.45) is 0 Å². The Labute approximate surface area is 171 Å². The summed E-state index contributed by atoms with van der Waals surface area (Å²) in [6.45, 7) is 4.61. The summed E-state index contributed by atoms with van der Waals surface area (Å²) in [5.41, 5.74) is 1.80.